The summed E-state index contributed by atoms with van der Waals surface area (Å²) in [6.45, 7) is 3.16. The average molecular weight is 265 g/mol. The first-order valence-corrected chi connectivity index (χ1v) is 6.57. The fourth-order valence-electron chi connectivity index (χ4n) is 2.30. The van der Waals surface area contributed by atoms with E-state index in [9.17, 15) is 9.59 Å². The zero-order valence-corrected chi connectivity index (χ0v) is 11.3. The van der Waals surface area contributed by atoms with Crippen molar-refractivity contribution >= 4 is 11.9 Å². The third-order valence-electron chi connectivity index (χ3n) is 3.55. The number of methoxy groups -OCH3 is 1. The monoisotopic (exact) mass is 265 g/mol. The van der Waals surface area contributed by atoms with Gasteiger partial charge in [-0.3, -0.25) is 14.7 Å². The summed E-state index contributed by atoms with van der Waals surface area (Å²) in [5.74, 6) is -0.334. The minimum absolute atomic E-state index is 0.0701. The Labute approximate surface area is 112 Å². The third kappa shape index (κ3) is 2.94. The summed E-state index contributed by atoms with van der Waals surface area (Å²) in [6, 6.07) is 1.79. The lowest BCUT2D eigenvalue weighted by atomic mass is 9.97. The summed E-state index contributed by atoms with van der Waals surface area (Å²) in [4.78, 5) is 25.4. The highest BCUT2D eigenvalue weighted by Crippen LogP contribution is 2.19. The van der Waals surface area contributed by atoms with Crippen LogP contribution in [0.3, 0.4) is 0 Å². The van der Waals surface area contributed by atoms with Crippen LogP contribution in [0.2, 0.25) is 0 Å². The number of hydrogen-bond donors (Lipinski definition) is 1. The Hall–Kier alpha value is -1.85. The number of ether oxygens (including phenoxy) is 1. The maximum Gasteiger partial charge on any atom is 0.308 e. The molecule has 1 aromatic heterocycles. The van der Waals surface area contributed by atoms with Gasteiger partial charge in [0.1, 0.15) is 5.69 Å². The largest absolute Gasteiger partial charge is 0.469 e. The van der Waals surface area contributed by atoms with E-state index in [-0.39, 0.29) is 17.8 Å². The molecular formula is C13H19N3O3. The van der Waals surface area contributed by atoms with E-state index in [1.54, 1.807) is 11.0 Å². The van der Waals surface area contributed by atoms with Gasteiger partial charge in [-0.25, -0.2) is 0 Å². The van der Waals surface area contributed by atoms with Crippen molar-refractivity contribution in [2.75, 3.05) is 20.2 Å². The van der Waals surface area contributed by atoms with Gasteiger partial charge in [0.15, 0.2) is 0 Å². The zero-order valence-electron chi connectivity index (χ0n) is 11.3. The SMILES string of the molecule is CCc1cc(C(=O)N2CCC(C(=O)OC)CC2)n[nH]1. The molecule has 0 aliphatic carbocycles. The Bertz CT molecular complexity index is 461. The van der Waals surface area contributed by atoms with Gasteiger partial charge in [0.2, 0.25) is 0 Å². The number of rotatable bonds is 3. The fourth-order valence-corrected chi connectivity index (χ4v) is 2.30. The molecular weight excluding hydrogens is 246 g/mol. The highest BCUT2D eigenvalue weighted by Gasteiger charge is 2.29. The van der Waals surface area contributed by atoms with Crippen molar-refractivity contribution in [3.8, 4) is 0 Å². The van der Waals surface area contributed by atoms with E-state index in [0.29, 0.717) is 31.6 Å². The molecule has 0 saturated carbocycles. The van der Waals surface area contributed by atoms with Crippen LogP contribution in [0.5, 0.6) is 0 Å². The Balaban J connectivity index is 1.94. The smallest absolute Gasteiger partial charge is 0.308 e. The van der Waals surface area contributed by atoms with Gasteiger partial charge in [0.05, 0.1) is 13.0 Å². The van der Waals surface area contributed by atoms with Gasteiger partial charge >= 0.3 is 5.97 Å². The summed E-state index contributed by atoms with van der Waals surface area (Å²) < 4.78 is 4.73. The van der Waals surface area contributed by atoms with Gasteiger partial charge in [-0.15, -0.1) is 0 Å². The number of nitrogens with zero attached hydrogens (tertiary/aromatic N) is 2. The second-order valence-corrected chi connectivity index (χ2v) is 4.72. The minimum Gasteiger partial charge on any atom is -0.469 e. The maximum absolute atomic E-state index is 12.2. The lowest BCUT2D eigenvalue weighted by Crippen LogP contribution is -2.40. The Morgan fingerprint density at radius 1 is 1.47 bits per heavy atom. The van der Waals surface area contributed by atoms with E-state index >= 15 is 0 Å². The van der Waals surface area contributed by atoms with Gasteiger partial charge in [-0.2, -0.15) is 5.10 Å². The third-order valence-corrected chi connectivity index (χ3v) is 3.55. The van der Waals surface area contributed by atoms with Crippen LogP contribution >= 0.6 is 0 Å². The van der Waals surface area contributed by atoms with Crippen LogP contribution in [0.25, 0.3) is 0 Å². The highest BCUT2D eigenvalue weighted by atomic mass is 16.5. The second kappa shape index (κ2) is 5.86. The zero-order chi connectivity index (χ0) is 13.8. The van der Waals surface area contributed by atoms with Crippen LogP contribution in [0.4, 0.5) is 0 Å². The van der Waals surface area contributed by atoms with Crippen LogP contribution in [0, 0.1) is 5.92 Å². The summed E-state index contributed by atoms with van der Waals surface area (Å²) >= 11 is 0. The lowest BCUT2D eigenvalue weighted by Gasteiger charge is -2.30. The summed E-state index contributed by atoms with van der Waals surface area (Å²) in [5, 5.41) is 6.86. The van der Waals surface area contributed by atoms with Crippen molar-refractivity contribution in [3.05, 3.63) is 17.5 Å². The number of piperidine rings is 1. The molecule has 0 aromatic carbocycles. The number of aromatic nitrogens is 2. The Morgan fingerprint density at radius 3 is 2.68 bits per heavy atom. The van der Waals surface area contributed by atoms with Crippen molar-refractivity contribution in [3.63, 3.8) is 0 Å². The molecule has 1 fully saturated rings. The number of hydrogen-bond acceptors (Lipinski definition) is 4. The van der Waals surface area contributed by atoms with Crippen LogP contribution < -0.4 is 0 Å². The molecule has 0 radical (unpaired) electrons. The topological polar surface area (TPSA) is 75.3 Å². The number of nitrogens with one attached hydrogen (secondary N) is 1. The Morgan fingerprint density at radius 2 is 2.16 bits per heavy atom. The van der Waals surface area contributed by atoms with Gasteiger partial charge in [0, 0.05) is 18.8 Å². The van der Waals surface area contributed by atoms with E-state index < -0.39 is 0 Å². The molecule has 2 rings (SSSR count). The number of H-pyrrole nitrogens is 1. The van der Waals surface area contributed by atoms with Crippen LogP contribution in [0.1, 0.15) is 35.9 Å². The molecule has 1 aliphatic rings. The van der Waals surface area contributed by atoms with Crippen molar-refractivity contribution in [1.82, 2.24) is 15.1 Å². The number of esters is 1. The maximum atomic E-state index is 12.2. The average Bonchev–Trinajstić information content (AvgIpc) is 2.94. The molecule has 1 aromatic rings. The summed E-state index contributed by atoms with van der Waals surface area (Å²) in [6.07, 6.45) is 2.14. The highest BCUT2D eigenvalue weighted by molar-refractivity contribution is 5.92. The van der Waals surface area contributed by atoms with Crippen LogP contribution in [-0.2, 0) is 16.0 Å². The molecule has 104 valence electrons. The van der Waals surface area contributed by atoms with Crippen molar-refractivity contribution in [2.45, 2.75) is 26.2 Å². The van der Waals surface area contributed by atoms with E-state index in [1.807, 2.05) is 6.92 Å². The first kappa shape index (κ1) is 13.6. The normalized spacial score (nSPS) is 16.4. The number of aryl methyl sites for hydroxylation is 1. The number of likely N-dealkylation sites (tertiary alicyclic amines) is 1. The standard InChI is InChI=1S/C13H19N3O3/c1-3-10-8-11(15-14-10)12(17)16-6-4-9(5-7-16)13(18)19-2/h8-9H,3-7H2,1-2H3,(H,14,15). The minimum atomic E-state index is -0.180. The molecule has 0 atom stereocenters. The number of carbonyl (C=O) groups excluding carboxylic acids is 2. The molecule has 6 nitrogen and oxygen atoms in total. The van der Waals surface area contributed by atoms with Crippen molar-refractivity contribution in [2.24, 2.45) is 5.92 Å². The summed E-state index contributed by atoms with van der Waals surface area (Å²) in [7, 11) is 1.40. The lowest BCUT2D eigenvalue weighted by molar-refractivity contribution is -0.146. The van der Waals surface area contributed by atoms with Gasteiger partial charge in [-0.05, 0) is 25.3 Å². The molecule has 1 amide bonds. The summed E-state index contributed by atoms with van der Waals surface area (Å²) in [5.41, 5.74) is 1.40. The first-order chi connectivity index (χ1) is 9.15. The van der Waals surface area contributed by atoms with Gasteiger partial charge < -0.3 is 9.64 Å². The molecule has 0 spiro atoms. The number of carbonyl (C=O) groups is 2. The van der Waals surface area contributed by atoms with E-state index in [4.69, 9.17) is 4.74 Å². The molecule has 2 heterocycles. The molecule has 19 heavy (non-hydrogen) atoms. The quantitative estimate of drug-likeness (QED) is 0.827. The molecule has 1 N–H and O–H groups in total. The van der Waals surface area contributed by atoms with Gasteiger partial charge in [-0.1, -0.05) is 6.92 Å². The van der Waals surface area contributed by atoms with E-state index in [1.165, 1.54) is 7.11 Å². The molecule has 1 saturated heterocycles. The van der Waals surface area contributed by atoms with Crippen molar-refractivity contribution in [1.29, 1.82) is 0 Å². The van der Waals surface area contributed by atoms with E-state index in [2.05, 4.69) is 10.2 Å². The molecule has 0 unspecified atom stereocenters. The van der Waals surface area contributed by atoms with Crippen LogP contribution in [-0.4, -0.2) is 47.2 Å². The molecule has 0 bridgehead atoms. The van der Waals surface area contributed by atoms with Gasteiger partial charge in [0.25, 0.3) is 5.91 Å². The number of aromatic amines is 1. The van der Waals surface area contributed by atoms with E-state index in [0.717, 1.165) is 12.1 Å². The second-order valence-electron chi connectivity index (χ2n) is 4.72. The predicted molar refractivity (Wildman–Crippen MR) is 68.6 cm³/mol. The first-order valence-electron chi connectivity index (χ1n) is 6.57. The molecule has 6 heteroatoms. The Kier molecular flexibility index (Phi) is 4.19. The van der Waals surface area contributed by atoms with Crippen molar-refractivity contribution < 1.29 is 14.3 Å². The fraction of sp³-hybridized carbons (Fsp3) is 0.615. The predicted octanol–water partition coefficient (Wildman–Crippen LogP) is 0.997. The number of amides is 1. The molecule has 1 aliphatic heterocycles. The van der Waals surface area contributed by atoms with Crippen LogP contribution in [0.15, 0.2) is 6.07 Å².